The molecular weight excluding hydrogens is 530 g/mol. The van der Waals surface area contributed by atoms with Crippen LogP contribution in [0.4, 0.5) is 16.2 Å². The summed E-state index contributed by atoms with van der Waals surface area (Å²) in [4.78, 5) is 29.2. The highest BCUT2D eigenvalue weighted by Gasteiger charge is 2.37. The molecule has 0 spiro atoms. The molecule has 0 saturated carbocycles. The Hall–Kier alpha value is -3.78. The minimum atomic E-state index is -4.51. The number of rotatable bonds is 14. The summed E-state index contributed by atoms with van der Waals surface area (Å²) in [5, 5.41) is 32.8. The van der Waals surface area contributed by atoms with Crippen LogP contribution in [0.25, 0.3) is 0 Å². The maximum absolute atomic E-state index is 13.6. The minimum Gasteiger partial charge on any atom is -0.470 e. The predicted molar refractivity (Wildman–Crippen MR) is 142 cm³/mol. The number of nitro groups is 1. The summed E-state index contributed by atoms with van der Waals surface area (Å²) in [6.07, 6.45) is -0.111. The first kappa shape index (κ1) is 29.8. The van der Waals surface area contributed by atoms with Crippen molar-refractivity contribution in [2.24, 2.45) is 0 Å². The number of nitro benzene ring substituents is 1. The van der Waals surface area contributed by atoms with Crippen molar-refractivity contribution < 1.29 is 37.6 Å². The van der Waals surface area contributed by atoms with E-state index in [2.05, 4.69) is 0 Å². The lowest BCUT2D eigenvalue weighted by Gasteiger charge is -2.35. The summed E-state index contributed by atoms with van der Waals surface area (Å²) in [6, 6.07) is 13.6. The maximum atomic E-state index is 13.6. The molecule has 210 valence electrons. The zero-order valence-corrected chi connectivity index (χ0v) is 22.3. The molecule has 0 aliphatic carbocycles. The van der Waals surface area contributed by atoms with Gasteiger partial charge in [0, 0.05) is 18.2 Å². The fourth-order valence-electron chi connectivity index (χ4n) is 4.04. The number of carbonyl (C=O) groups is 1. The van der Waals surface area contributed by atoms with E-state index in [9.17, 15) is 33.5 Å². The Kier molecular flexibility index (Phi) is 10.2. The second kappa shape index (κ2) is 13.3. The number of aliphatic hydroxyl groups excluding tert-OH is 1. The zero-order valence-electron chi connectivity index (χ0n) is 21.5. The lowest BCUT2D eigenvalue weighted by Crippen LogP contribution is -2.53. The summed E-state index contributed by atoms with van der Waals surface area (Å²) in [5.41, 5.74) is 0.417. The van der Waals surface area contributed by atoms with Crippen LogP contribution in [0, 0.1) is 10.1 Å². The first-order valence-corrected chi connectivity index (χ1v) is 13.7. The standard InChI is InChI=1S/C26H31N3O9S/c1-3-22(4-2)38-27(39(35,36)23-12-8-11-20(16-23)29(33)34)17-25(30)24(15-19-9-6-5-7-10-19)28(26(31)32)21-13-14-37-18-21/h5-14,16,18,22,24-25,30H,3-4,15,17H2,1-2H3,(H,31,32)/t24-,25+/m0/s1. The number of amides is 1. The molecule has 2 N–H and O–H groups in total. The van der Waals surface area contributed by atoms with Crippen LogP contribution in [0.1, 0.15) is 32.3 Å². The molecule has 1 heterocycles. The van der Waals surface area contributed by atoms with Crippen molar-refractivity contribution >= 4 is 27.5 Å². The number of anilines is 1. The molecule has 0 aliphatic heterocycles. The van der Waals surface area contributed by atoms with Gasteiger partial charge in [0.1, 0.15) is 6.26 Å². The molecule has 0 bridgehead atoms. The van der Waals surface area contributed by atoms with Gasteiger partial charge in [0.2, 0.25) is 0 Å². The minimum absolute atomic E-state index is 0.0369. The van der Waals surface area contributed by atoms with E-state index in [4.69, 9.17) is 9.25 Å². The van der Waals surface area contributed by atoms with Gasteiger partial charge >= 0.3 is 6.09 Å². The van der Waals surface area contributed by atoms with Gasteiger partial charge < -0.3 is 14.6 Å². The average molecular weight is 562 g/mol. The van der Waals surface area contributed by atoms with Gasteiger partial charge in [-0.15, -0.1) is 0 Å². The molecular formula is C26H31N3O9S. The number of hydrogen-bond acceptors (Lipinski definition) is 8. The quantitative estimate of drug-likeness (QED) is 0.214. The van der Waals surface area contributed by atoms with Crippen molar-refractivity contribution in [2.75, 3.05) is 11.4 Å². The van der Waals surface area contributed by atoms with Gasteiger partial charge in [-0.05, 0) is 30.9 Å². The average Bonchev–Trinajstić information content (AvgIpc) is 3.45. The molecule has 1 amide bonds. The van der Waals surface area contributed by atoms with Crippen LogP contribution in [0.2, 0.25) is 0 Å². The van der Waals surface area contributed by atoms with Gasteiger partial charge in [0.25, 0.3) is 15.7 Å². The number of hydrogen-bond donors (Lipinski definition) is 2. The molecule has 0 fully saturated rings. The molecule has 39 heavy (non-hydrogen) atoms. The number of sulfonamides is 1. The van der Waals surface area contributed by atoms with Gasteiger partial charge in [-0.1, -0.05) is 54.7 Å². The molecule has 12 nitrogen and oxygen atoms in total. The molecule has 0 radical (unpaired) electrons. The topological polar surface area (TPSA) is 164 Å². The van der Waals surface area contributed by atoms with E-state index in [0.717, 1.165) is 17.0 Å². The fourth-order valence-corrected chi connectivity index (χ4v) is 5.38. The summed E-state index contributed by atoms with van der Waals surface area (Å²) < 4.78 is 32.9. The normalized spacial score (nSPS) is 13.4. The Morgan fingerprint density at radius 2 is 1.79 bits per heavy atom. The van der Waals surface area contributed by atoms with Crippen LogP contribution in [0.15, 0.2) is 82.5 Å². The molecule has 2 atom stereocenters. The van der Waals surface area contributed by atoms with Gasteiger partial charge in [0.15, 0.2) is 0 Å². The monoisotopic (exact) mass is 561 g/mol. The van der Waals surface area contributed by atoms with Crippen molar-refractivity contribution in [3.63, 3.8) is 0 Å². The third-order valence-corrected chi connectivity index (χ3v) is 7.78. The van der Waals surface area contributed by atoms with Crippen molar-refractivity contribution in [1.82, 2.24) is 4.47 Å². The van der Waals surface area contributed by atoms with Crippen LogP contribution in [-0.4, -0.2) is 58.9 Å². The highest BCUT2D eigenvalue weighted by molar-refractivity contribution is 7.89. The van der Waals surface area contributed by atoms with Crippen LogP contribution >= 0.6 is 0 Å². The largest absolute Gasteiger partial charge is 0.470 e. The number of non-ortho nitro benzene ring substituents is 1. The molecule has 3 rings (SSSR count). The van der Waals surface area contributed by atoms with Gasteiger partial charge in [-0.25, -0.2) is 13.2 Å². The smallest absolute Gasteiger partial charge is 0.412 e. The lowest BCUT2D eigenvalue weighted by molar-refractivity contribution is -0.385. The van der Waals surface area contributed by atoms with E-state index in [1.54, 1.807) is 44.2 Å². The van der Waals surface area contributed by atoms with E-state index in [-0.39, 0.29) is 12.1 Å². The van der Waals surface area contributed by atoms with E-state index < -0.39 is 56.4 Å². The number of carboxylic acid groups (broad SMARTS) is 1. The van der Waals surface area contributed by atoms with Gasteiger partial charge in [-0.3, -0.25) is 19.9 Å². The van der Waals surface area contributed by atoms with E-state index in [1.807, 2.05) is 0 Å². The Morgan fingerprint density at radius 3 is 2.36 bits per heavy atom. The van der Waals surface area contributed by atoms with E-state index in [1.165, 1.54) is 30.7 Å². The first-order valence-electron chi connectivity index (χ1n) is 12.3. The zero-order chi connectivity index (χ0) is 28.6. The number of furan rings is 1. The van der Waals surface area contributed by atoms with E-state index in [0.29, 0.717) is 22.9 Å². The second-order valence-corrected chi connectivity index (χ2v) is 10.6. The summed E-state index contributed by atoms with van der Waals surface area (Å²) >= 11 is 0. The molecule has 1 aromatic heterocycles. The number of nitrogens with zero attached hydrogens (tertiary/aromatic N) is 3. The van der Waals surface area contributed by atoms with Crippen LogP contribution < -0.4 is 4.90 Å². The summed E-state index contributed by atoms with van der Waals surface area (Å²) in [5.74, 6) is 0. The van der Waals surface area contributed by atoms with E-state index >= 15 is 0 Å². The number of hydroxylamine groups is 1. The molecule has 13 heteroatoms. The summed E-state index contributed by atoms with van der Waals surface area (Å²) in [6.45, 7) is 2.94. The van der Waals surface area contributed by atoms with Crippen molar-refractivity contribution in [1.29, 1.82) is 0 Å². The molecule has 2 aromatic carbocycles. The lowest BCUT2D eigenvalue weighted by atomic mass is 9.99. The third-order valence-electron chi connectivity index (χ3n) is 6.16. The molecule has 3 aromatic rings. The first-order chi connectivity index (χ1) is 18.6. The number of benzene rings is 2. The highest BCUT2D eigenvalue weighted by Crippen LogP contribution is 2.27. The van der Waals surface area contributed by atoms with Crippen LogP contribution in [-0.2, 0) is 21.3 Å². The van der Waals surface area contributed by atoms with Crippen LogP contribution in [0.5, 0.6) is 0 Å². The maximum Gasteiger partial charge on any atom is 0.412 e. The Morgan fingerprint density at radius 1 is 1.10 bits per heavy atom. The van der Waals surface area contributed by atoms with Crippen molar-refractivity contribution in [3.8, 4) is 0 Å². The molecule has 0 aliphatic rings. The Labute approximate surface area is 226 Å². The third kappa shape index (κ3) is 7.41. The molecule has 0 saturated heterocycles. The molecule has 0 unspecified atom stereocenters. The predicted octanol–water partition coefficient (Wildman–Crippen LogP) is 4.46. The van der Waals surface area contributed by atoms with Crippen LogP contribution in [0.3, 0.4) is 0 Å². The van der Waals surface area contributed by atoms with Crippen molar-refractivity contribution in [3.05, 3.63) is 88.9 Å². The Bertz CT molecular complexity index is 1330. The number of aliphatic hydroxyl groups is 1. The van der Waals surface area contributed by atoms with Crippen molar-refractivity contribution in [2.45, 2.75) is 56.3 Å². The van der Waals surface area contributed by atoms with Gasteiger partial charge in [0.05, 0.1) is 46.6 Å². The second-order valence-electron chi connectivity index (χ2n) is 8.75. The summed E-state index contributed by atoms with van der Waals surface area (Å²) in [7, 11) is -4.51. The SMILES string of the molecule is CCC(CC)ON(C[C@@H](O)[C@H](Cc1ccccc1)N(C(=O)O)c1ccoc1)S(=O)(=O)c1cccc([N+](=O)[O-])c1. The van der Waals surface area contributed by atoms with Gasteiger partial charge in [-0.2, -0.15) is 0 Å². The highest BCUT2D eigenvalue weighted by atomic mass is 32.2. The Balaban J connectivity index is 2.04. The fraction of sp³-hybridized carbons (Fsp3) is 0.346.